The molecule has 0 unspecified atom stereocenters. The van der Waals surface area contributed by atoms with Gasteiger partial charge in [-0.05, 0) is 144 Å². The van der Waals surface area contributed by atoms with E-state index in [4.69, 9.17) is 23.8 Å². The van der Waals surface area contributed by atoms with Gasteiger partial charge in [-0.15, -0.1) is 0 Å². The zero-order valence-corrected chi connectivity index (χ0v) is 44.2. The summed E-state index contributed by atoms with van der Waals surface area (Å²) in [6, 6.07) is 18.2. The molecule has 4 aromatic heterocycles. The second-order valence-corrected chi connectivity index (χ2v) is 21.1. The van der Waals surface area contributed by atoms with E-state index in [2.05, 4.69) is 19.4 Å². The smallest absolute Gasteiger partial charge is 0.302 e. The number of aryl methyl sites for hydroxylation is 3. The second kappa shape index (κ2) is 21.8. The summed E-state index contributed by atoms with van der Waals surface area (Å²) in [5, 5.41) is 28.0. The first-order valence-corrected chi connectivity index (χ1v) is 27.1. The first-order chi connectivity index (χ1) is 38.1. The van der Waals surface area contributed by atoms with Crippen LogP contribution in [0.1, 0.15) is 150 Å². The highest BCUT2D eigenvalue weighted by molar-refractivity contribution is 5.97. The SMILES string of the molecule is CCc1noc(C)c1-c1ccc2c(c1)nc([C@@H]1CCC(=O)N1c1ccc(F)c(F)c1)n2C1CCC(OC(C)=O)CC1.Cc1onc(CO)c1-c1ccc2c(c1)nc([C@@H]1CCC(=O)N1c1ccc(F)c(F)c1)n2C1CCC(O)CC1. The standard InChI is InChI=1S/C31H32F2N4O4.C28H28F2N4O4/c1-4-25-30(17(2)41-35-25)19-5-12-27-26(15-19)34-31(37(27)20-6-9-22(10-7-20)40-18(3)38)28-13-14-29(39)36(28)21-8-11-23(32)24(33)16-21;1-15-27(23(14-35)32-38-15)16-2-9-24-22(12-16)31-28(34(24)17-3-6-19(36)7-4-17)25-10-11-26(37)33(25)18-5-8-20(29)21(30)13-18/h5,8,11-12,15-16,20,22,28H,4,6-7,9-10,13-14H2,1-3H3;2,5,8-9,12-13,17,19,25,35-36H,3-4,6-7,10-11,14H2,1H3/t20?,22?,28-;17?,19?,25-/m00/s1. The van der Waals surface area contributed by atoms with Gasteiger partial charge in [0.15, 0.2) is 23.3 Å². The summed E-state index contributed by atoms with van der Waals surface area (Å²) in [7, 11) is 0. The van der Waals surface area contributed by atoms with Crippen molar-refractivity contribution in [2.24, 2.45) is 0 Å². The first-order valence-electron chi connectivity index (χ1n) is 27.1. The number of halogens is 4. The number of carbonyl (C=O) groups is 3. The molecular formula is C59H60F4N8O8. The number of esters is 1. The molecule has 20 heteroatoms. The Morgan fingerprint density at radius 1 is 0.620 bits per heavy atom. The third-order valence-electron chi connectivity index (χ3n) is 16.1. The molecule has 4 fully saturated rings. The maximum Gasteiger partial charge on any atom is 0.302 e. The maximum absolute atomic E-state index is 14.2. The maximum atomic E-state index is 14.2. The van der Waals surface area contributed by atoms with Crippen LogP contribution in [-0.2, 0) is 32.1 Å². The molecule has 4 aromatic carbocycles. The number of fused-ring (bicyclic) bond motifs is 2. The molecule has 0 radical (unpaired) electrons. The summed E-state index contributed by atoms with van der Waals surface area (Å²) in [5.74, 6) is -1.85. The average molecular weight is 1090 g/mol. The van der Waals surface area contributed by atoms with Crippen LogP contribution in [0.3, 0.4) is 0 Å². The number of ether oxygens (including phenoxy) is 1. The molecular weight excluding hydrogens is 1020 g/mol. The second-order valence-electron chi connectivity index (χ2n) is 21.1. The average Bonchev–Trinajstić information content (AvgIpc) is 4.50. The van der Waals surface area contributed by atoms with Gasteiger partial charge in [0.25, 0.3) is 0 Å². The Bertz CT molecular complexity index is 3630. The van der Waals surface area contributed by atoms with E-state index in [1.54, 1.807) is 11.8 Å². The fraction of sp³-hybridized carbons (Fsp3) is 0.407. The van der Waals surface area contributed by atoms with Gasteiger partial charge in [-0.2, -0.15) is 0 Å². The minimum Gasteiger partial charge on any atom is -0.463 e. The molecule has 2 saturated heterocycles. The van der Waals surface area contributed by atoms with Crippen molar-refractivity contribution in [2.45, 2.75) is 154 Å². The van der Waals surface area contributed by atoms with Crippen LogP contribution in [0.25, 0.3) is 44.3 Å². The fourth-order valence-corrected chi connectivity index (χ4v) is 12.5. The highest BCUT2D eigenvalue weighted by Gasteiger charge is 2.41. The van der Waals surface area contributed by atoms with Gasteiger partial charge in [0.2, 0.25) is 11.8 Å². The van der Waals surface area contributed by atoms with Crippen LogP contribution < -0.4 is 9.80 Å². The molecule has 12 rings (SSSR count). The molecule has 16 nitrogen and oxygen atoms in total. The highest BCUT2D eigenvalue weighted by Crippen LogP contribution is 2.45. The highest BCUT2D eigenvalue weighted by atomic mass is 19.2. The monoisotopic (exact) mass is 1080 g/mol. The third kappa shape index (κ3) is 10.1. The molecule has 2 saturated carbocycles. The summed E-state index contributed by atoms with van der Waals surface area (Å²) >= 11 is 0. The number of nitrogens with zero attached hydrogens (tertiary/aromatic N) is 8. The summed E-state index contributed by atoms with van der Waals surface area (Å²) in [6.07, 6.45) is 7.63. The summed E-state index contributed by atoms with van der Waals surface area (Å²) in [4.78, 5) is 50.9. The van der Waals surface area contributed by atoms with Crippen molar-refractivity contribution in [1.82, 2.24) is 29.4 Å². The minimum atomic E-state index is -1.01. The lowest BCUT2D eigenvalue weighted by molar-refractivity contribution is -0.148. The van der Waals surface area contributed by atoms with Crippen molar-refractivity contribution < 1.29 is 55.9 Å². The van der Waals surface area contributed by atoms with Gasteiger partial charge in [0.1, 0.15) is 35.0 Å². The number of carbonyl (C=O) groups excluding carboxylic acids is 3. The van der Waals surface area contributed by atoms with Crippen LogP contribution in [-0.4, -0.2) is 69.6 Å². The van der Waals surface area contributed by atoms with Crippen molar-refractivity contribution in [2.75, 3.05) is 9.80 Å². The van der Waals surface area contributed by atoms with Gasteiger partial charge in [-0.1, -0.05) is 29.4 Å². The van der Waals surface area contributed by atoms with Crippen molar-refractivity contribution in [3.63, 3.8) is 0 Å². The molecule has 4 aliphatic rings. The summed E-state index contributed by atoms with van der Waals surface area (Å²) < 4.78 is 76.5. The van der Waals surface area contributed by atoms with Crippen molar-refractivity contribution in [1.29, 1.82) is 0 Å². The van der Waals surface area contributed by atoms with E-state index in [0.29, 0.717) is 71.2 Å². The Labute approximate surface area is 451 Å². The minimum absolute atomic E-state index is 0.0667. The number of hydrogen-bond donors (Lipinski definition) is 2. The van der Waals surface area contributed by atoms with E-state index in [1.807, 2.05) is 50.2 Å². The van der Waals surface area contributed by atoms with Crippen LogP contribution >= 0.6 is 0 Å². The molecule has 2 atom stereocenters. The van der Waals surface area contributed by atoms with Crippen LogP contribution in [0.15, 0.2) is 81.8 Å². The Morgan fingerprint density at radius 2 is 1.08 bits per heavy atom. The number of benzene rings is 4. The molecule has 0 bridgehead atoms. The molecule has 2 aliphatic heterocycles. The lowest BCUT2D eigenvalue weighted by atomic mass is 9.92. The summed E-state index contributed by atoms with van der Waals surface area (Å²) in [6.45, 7) is 6.87. The van der Waals surface area contributed by atoms with Crippen LogP contribution in [0.2, 0.25) is 0 Å². The number of amides is 2. The zero-order valence-electron chi connectivity index (χ0n) is 44.2. The molecule has 2 amide bonds. The predicted molar refractivity (Wildman–Crippen MR) is 283 cm³/mol. The number of hydrogen-bond acceptors (Lipinski definition) is 12. The van der Waals surface area contributed by atoms with E-state index in [9.17, 15) is 42.2 Å². The Hall–Kier alpha value is -7.71. The molecule has 412 valence electrons. The van der Waals surface area contributed by atoms with E-state index in [0.717, 1.165) is 114 Å². The van der Waals surface area contributed by atoms with Crippen LogP contribution in [0.4, 0.5) is 28.9 Å². The summed E-state index contributed by atoms with van der Waals surface area (Å²) in [5.41, 5.74) is 8.61. The number of anilines is 2. The van der Waals surface area contributed by atoms with Crippen molar-refractivity contribution in [3.05, 3.63) is 131 Å². The van der Waals surface area contributed by atoms with Crippen molar-refractivity contribution >= 4 is 51.2 Å². The number of aromatic nitrogens is 6. The van der Waals surface area contributed by atoms with E-state index >= 15 is 0 Å². The number of imidazole rings is 2. The topological polar surface area (TPSA) is 195 Å². The number of aliphatic hydroxyl groups excluding tert-OH is 2. The predicted octanol–water partition coefficient (Wildman–Crippen LogP) is 11.9. The number of rotatable bonds is 11. The molecule has 6 heterocycles. The van der Waals surface area contributed by atoms with Crippen LogP contribution in [0.5, 0.6) is 0 Å². The fourth-order valence-electron chi connectivity index (χ4n) is 12.5. The van der Waals surface area contributed by atoms with E-state index in [1.165, 1.54) is 24.0 Å². The lowest BCUT2D eigenvalue weighted by Gasteiger charge is -2.32. The van der Waals surface area contributed by atoms with Gasteiger partial charge < -0.3 is 42.9 Å². The van der Waals surface area contributed by atoms with Crippen molar-refractivity contribution in [3.8, 4) is 22.3 Å². The van der Waals surface area contributed by atoms with Crippen LogP contribution in [0, 0.1) is 37.1 Å². The largest absolute Gasteiger partial charge is 0.463 e. The Morgan fingerprint density at radius 3 is 1.52 bits per heavy atom. The van der Waals surface area contributed by atoms with Gasteiger partial charge in [0, 0.05) is 66.5 Å². The quantitative estimate of drug-likeness (QED) is 0.0920. The Kier molecular flexibility index (Phi) is 14.7. The molecule has 79 heavy (non-hydrogen) atoms. The molecule has 8 aromatic rings. The normalized spacial score (nSPS) is 21.6. The van der Waals surface area contributed by atoms with E-state index < -0.39 is 35.4 Å². The first kappa shape index (κ1) is 53.3. The van der Waals surface area contributed by atoms with E-state index in [-0.39, 0.29) is 61.5 Å². The van der Waals surface area contributed by atoms with Gasteiger partial charge in [-0.25, -0.2) is 27.5 Å². The lowest BCUT2D eigenvalue weighted by Crippen LogP contribution is -2.31. The molecule has 2 N–H and O–H groups in total. The molecule has 2 aliphatic carbocycles. The number of aliphatic hydroxyl groups is 2. The zero-order chi connectivity index (χ0) is 55.4. The molecule has 0 spiro atoms. The third-order valence-corrected chi connectivity index (χ3v) is 16.1. The van der Waals surface area contributed by atoms with Gasteiger partial charge in [0.05, 0.1) is 52.6 Å². The van der Waals surface area contributed by atoms with Gasteiger partial charge >= 0.3 is 5.97 Å². The van der Waals surface area contributed by atoms with Gasteiger partial charge in [-0.3, -0.25) is 14.4 Å². The Balaban J connectivity index is 0.000000168.